The molecule has 0 unspecified atom stereocenters. The molecule has 1 heterocycles. The van der Waals surface area contributed by atoms with Crippen LogP contribution in [-0.4, -0.2) is 46.0 Å². The molecule has 156 valence electrons. The van der Waals surface area contributed by atoms with Gasteiger partial charge in [-0.15, -0.1) is 0 Å². The Labute approximate surface area is 171 Å². The number of hydrogen-bond donors (Lipinski definition) is 1. The molecule has 0 atom stereocenters. The Kier molecular flexibility index (Phi) is 6.98. The number of rotatable bonds is 7. The normalized spacial score (nSPS) is 14.7. The van der Waals surface area contributed by atoms with E-state index in [2.05, 4.69) is 4.72 Å². The molecule has 8 heteroatoms. The Hall–Kier alpha value is -2.74. The number of hydrogen-bond acceptors (Lipinski definition) is 5. The van der Waals surface area contributed by atoms with Gasteiger partial charge in [-0.1, -0.05) is 12.8 Å². The summed E-state index contributed by atoms with van der Waals surface area (Å²) in [6.07, 6.45) is 4.37. The Morgan fingerprint density at radius 1 is 0.931 bits per heavy atom. The topological polar surface area (TPSA) is 84.9 Å². The number of benzene rings is 2. The van der Waals surface area contributed by atoms with E-state index in [9.17, 15) is 13.2 Å². The number of nitrogens with one attached hydrogen (secondary N) is 1. The molecular weight excluding hydrogens is 392 g/mol. The zero-order valence-corrected chi connectivity index (χ0v) is 17.3. The highest BCUT2D eigenvalue weighted by Crippen LogP contribution is 2.21. The van der Waals surface area contributed by atoms with Crippen molar-refractivity contribution in [3.63, 3.8) is 0 Å². The zero-order valence-electron chi connectivity index (χ0n) is 16.5. The van der Waals surface area contributed by atoms with Gasteiger partial charge in [-0.25, -0.2) is 8.42 Å². The molecule has 0 bridgehead atoms. The third kappa shape index (κ3) is 5.87. The smallest absolute Gasteiger partial charge is 0.261 e. The van der Waals surface area contributed by atoms with Crippen molar-refractivity contribution in [1.29, 1.82) is 0 Å². The molecule has 7 nitrogen and oxygen atoms in total. The molecule has 3 rings (SSSR count). The van der Waals surface area contributed by atoms with Gasteiger partial charge in [0, 0.05) is 18.8 Å². The van der Waals surface area contributed by atoms with Crippen molar-refractivity contribution < 1.29 is 22.7 Å². The molecule has 1 amide bonds. The first-order chi connectivity index (χ1) is 14.0. The number of methoxy groups -OCH3 is 1. The lowest BCUT2D eigenvalue weighted by Crippen LogP contribution is -2.35. The summed E-state index contributed by atoms with van der Waals surface area (Å²) in [6, 6.07) is 12.6. The summed E-state index contributed by atoms with van der Waals surface area (Å²) < 4.78 is 38.2. The number of likely N-dealkylation sites (tertiary alicyclic amines) is 1. The minimum atomic E-state index is -3.72. The summed E-state index contributed by atoms with van der Waals surface area (Å²) in [5.41, 5.74) is 0.439. The SMILES string of the molecule is COc1ccc(NS(=O)(=O)c2ccc(OCC(=O)N3CCCCCC3)cc2)cc1. The number of carbonyl (C=O) groups excluding carboxylic acids is 1. The van der Waals surface area contributed by atoms with Crippen LogP contribution >= 0.6 is 0 Å². The van der Waals surface area contributed by atoms with Gasteiger partial charge >= 0.3 is 0 Å². The van der Waals surface area contributed by atoms with Crippen LogP contribution in [0.5, 0.6) is 11.5 Å². The van der Waals surface area contributed by atoms with Gasteiger partial charge in [-0.05, 0) is 61.4 Å². The number of carbonyl (C=O) groups is 1. The highest BCUT2D eigenvalue weighted by molar-refractivity contribution is 7.92. The van der Waals surface area contributed by atoms with E-state index in [1.807, 2.05) is 4.90 Å². The fourth-order valence-corrected chi connectivity index (χ4v) is 4.20. The van der Waals surface area contributed by atoms with Crippen molar-refractivity contribution >= 4 is 21.6 Å². The molecule has 1 aliphatic rings. The molecule has 0 aromatic heterocycles. The van der Waals surface area contributed by atoms with Crippen LogP contribution < -0.4 is 14.2 Å². The van der Waals surface area contributed by atoms with Gasteiger partial charge in [0.1, 0.15) is 11.5 Å². The lowest BCUT2D eigenvalue weighted by atomic mass is 10.2. The zero-order chi connectivity index (χ0) is 20.7. The van der Waals surface area contributed by atoms with Crippen LogP contribution in [0.2, 0.25) is 0 Å². The Balaban J connectivity index is 1.57. The second kappa shape index (κ2) is 9.65. The van der Waals surface area contributed by atoms with Gasteiger partial charge in [0.05, 0.1) is 12.0 Å². The van der Waals surface area contributed by atoms with Crippen LogP contribution in [0.15, 0.2) is 53.4 Å². The molecule has 0 saturated carbocycles. The maximum absolute atomic E-state index is 12.5. The number of nitrogens with zero attached hydrogens (tertiary/aromatic N) is 1. The predicted molar refractivity (Wildman–Crippen MR) is 111 cm³/mol. The number of amides is 1. The summed E-state index contributed by atoms with van der Waals surface area (Å²) >= 11 is 0. The van der Waals surface area contributed by atoms with Crippen molar-refractivity contribution in [2.75, 3.05) is 31.5 Å². The summed E-state index contributed by atoms with van der Waals surface area (Å²) in [6.45, 7) is 1.50. The lowest BCUT2D eigenvalue weighted by molar-refractivity contribution is -0.133. The minimum Gasteiger partial charge on any atom is -0.497 e. The third-order valence-electron chi connectivity index (χ3n) is 4.80. The molecule has 2 aromatic carbocycles. The van der Waals surface area contributed by atoms with Crippen LogP contribution in [-0.2, 0) is 14.8 Å². The van der Waals surface area contributed by atoms with Crippen LogP contribution in [0.4, 0.5) is 5.69 Å². The van der Waals surface area contributed by atoms with Crippen LogP contribution in [0.3, 0.4) is 0 Å². The second-order valence-electron chi connectivity index (χ2n) is 6.89. The molecule has 0 radical (unpaired) electrons. The summed E-state index contributed by atoms with van der Waals surface area (Å²) in [5, 5.41) is 0. The van der Waals surface area contributed by atoms with Gasteiger partial charge in [0.15, 0.2) is 6.61 Å². The molecule has 1 fully saturated rings. The van der Waals surface area contributed by atoms with Crippen LogP contribution in [0, 0.1) is 0 Å². The summed E-state index contributed by atoms with van der Waals surface area (Å²) in [7, 11) is -2.18. The first-order valence-electron chi connectivity index (χ1n) is 9.65. The Morgan fingerprint density at radius 2 is 1.52 bits per heavy atom. The third-order valence-corrected chi connectivity index (χ3v) is 6.19. The van der Waals surface area contributed by atoms with Crippen molar-refractivity contribution in [2.24, 2.45) is 0 Å². The predicted octanol–water partition coefficient (Wildman–Crippen LogP) is 3.28. The number of ether oxygens (including phenoxy) is 2. The first-order valence-corrected chi connectivity index (χ1v) is 11.1. The maximum atomic E-state index is 12.5. The number of anilines is 1. The van der Waals surface area contributed by atoms with Gasteiger partial charge in [-0.3, -0.25) is 9.52 Å². The van der Waals surface area contributed by atoms with E-state index >= 15 is 0 Å². The van der Waals surface area contributed by atoms with E-state index in [0.717, 1.165) is 38.8 Å². The van der Waals surface area contributed by atoms with E-state index in [1.165, 1.54) is 12.1 Å². The fraction of sp³-hybridized carbons (Fsp3) is 0.381. The van der Waals surface area contributed by atoms with E-state index in [-0.39, 0.29) is 17.4 Å². The van der Waals surface area contributed by atoms with Crippen LogP contribution in [0.1, 0.15) is 25.7 Å². The van der Waals surface area contributed by atoms with Crippen molar-refractivity contribution in [2.45, 2.75) is 30.6 Å². The lowest BCUT2D eigenvalue weighted by Gasteiger charge is -2.20. The summed E-state index contributed by atoms with van der Waals surface area (Å²) in [5.74, 6) is 1.06. The maximum Gasteiger partial charge on any atom is 0.261 e. The molecule has 29 heavy (non-hydrogen) atoms. The molecular formula is C21H26N2O5S. The van der Waals surface area contributed by atoms with Gasteiger partial charge in [-0.2, -0.15) is 0 Å². The number of sulfonamides is 1. The van der Waals surface area contributed by atoms with Gasteiger partial charge < -0.3 is 14.4 Å². The molecule has 2 aromatic rings. The van der Waals surface area contributed by atoms with Crippen molar-refractivity contribution in [3.8, 4) is 11.5 Å². The highest BCUT2D eigenvalue weighted by Gasteiger charge is 2.17. The average molecular weight is 419 g/mol. The molecule has 1 N–H and O–H groups in total. The minimum absolute atomic E-state index is 0.0372. The van der Waals surface area contributed by atoms with Gasteiger partial charge in [0.25, 0.3) is 15.9 Å². The summed E-state index contributed by atoms with van der Waals surface area (Å²) in [4.78, 5) is 14.2. The quantitative estimate of drug-likeness (QED) is 0.746. The fourth-order valence-electron chi connectivity index (χ4n) is 3.14. The van der Waals surface area contributed by atoms with Gasteiger partial charge in [0.2, 0.25) is 0 Å². The van der Waals surface area contributed by atoms with E-state index in [1.54, 1.807) is 43.5 Å². The second-order valence-corrected chi connectivity index (χ2v) is 8.57. The van der Waals surface area contributed by atoms with Crippen molar-refractivity contribution in [1.82, 2.24) is 4.90 Å². The monoisotopic (exact) mass is 418 g/mol. The Morgan fingerprint density at radius 3 is 2.10 bits per heavy atom. The standard InChI is InChI=1S/C21H26N2O5S/c1-27-18-8-6-17(7-9-18)22-29(25,26)20-12-10-19(11-13-20)28-16-21(24)23-14-4-2-3-5-15-23/h6-13,22H,2-5,14-16H2,1H3. The van der Waals surface area contributed by atoms with Crippen molar-refractivity contribution in [3.05, 3.63) is 48.5 Å². The van der Waals surface area contributed by atoms with E-state index in [0.29, 0.717) is 17.2 Å². The first kappa shape index (κ1) is 21.0. The molecule has 0 aliphatic carbocycles. The average Bonchev–Trinajstić information content (AvgIpc) is 3.02. The highest BCUT2D eigenvalue weighted by atomic mass is 32.2. The molecule has 1 saturated heterocycles. The Bertz CT molecular complexity index is 903. The van der Waals surface area contributed by atoms with E-state index in [4.69, 9.17) is 9.47 Å². The van der Waals surface area contributed by atoms with E-state index < -0.39 is 10.0 Å². The molecule has 0 spiro atoms. The molecule has 1 aliphatic heterocycles. The largest absolute Gasteiger partial charge is 0.497 e. The van der Waals surface area contributed by atoms with Crippen LogP contribution in [0.25, 0.3) is 0 Å².